The summed E-state index contributed by atoms with van der Waals surface area (Å²) in [5, 5.41) is 9.13. The quantitative estimate of drug-likeness (QED) is 0.335. The average molecular weight is 521 g/mol. The molecule has 1 fully saturated rings. The number of phenols is 1. The molecule has 0 bridgehead atoms. The highest BCUT2D eigenvalue weighted by molar-refractivity contribution is 5.71. The summed E-state index contributed by atoms with van der Waals surface area (Å²) in [6.45, 7) is 5.00. The molecule has 2 aromatic rings. The van der Waals surface area contributed by atoms with Crippen molar-refractivity contribution in [2.24, 2.45) is 0 Å². The molecule has 1 N–H and O–H groups in total. The lowest BCUT2D eigenvalue weighted by molar-refractivity contribution is -0.144. The van der Waals surface area contributed by atoms with Gasteiger partial charge in [-0.25, -0.2) is 0 Å². The fourth-order valence-electron chi connectivity index (χ4n) is 3.76. The summed E-state index contributed by atoms with van der Waals surface area (Å²) < 4.78 is 21.1. The Labute approximate surface area is 225 Å². The number of hydrogen-bond donors (Lipinski definition) is 1. The van der Waals surface area contributed by atoms with Crippen LogP contribution in [0, 0.1) is 24.7 Å². The number of phenolic OH excluding ortho intramolecular Hbond substituents is 1. The molecule has 0 amide bonds. The first-order valence-corrected chi connectivity index (χ1v) is 12.8. The molecule has 2 aromatic carbocycles. The summed E-state index contributed by atoms with van der Waals surface area (Å²) in [5.41, 5.74) is 1.74. The summed E-state index contributed by atoms with van der Waals surface area (Å²) in [6, 6.07) is 14.0. The summed E-state index contributed by atoms with van der Waals surface area (Å²) in [5.74, 6) is 4.95. The van der Waals surface area contributed by atoms with Gasteiger partial charge in [0, 0.05) is 6.42 Å². The smallest absolute Gasteiger partial charge is 0.307 e. The third-order valence-corrected chi connectivity index (χ3v) is 5.74. The van der Waals surface area contributed by atoms with E-state index in [1.165, 1.54) is 0 Å². The summed E-state index contributed by atoms with van der Waals surface area (Å²) in [6.07, 6.45) is 14.2. The van der Waals surface area contributed by atoms with Crippen LogP contribution in [0.25, 0.3) is 0 Å². The zero-order valence-corrected chi connectivity index (χ0v) is 22.1. The molecule has 202 valence electrons. The van der Waals surface area contributed by atoms with Crippen molar-refractivity contribution in [2.45, 2.75) is 64.1 Å². The first-order valence-electron chi connectivity index (χ1n) is 12.8. The van der Waals surface area contributed by atoms with Crippen molar-refractivity contribution in [3.05, 3.63) is 59.7 Å². The summed E-state index contributed by atoms with van der Waals surface area (Å²) in [4.78, 5) is 22.8. The molecule has 1 aliphatic rings. The van der Waals surface area contributed by atoms with Crippen molar-refractivity contribution in [3.63, 3.8) is 0 Å². The zero-order valence-electron chi connectivity index (χ0n) is 22.1. The molecule has 3 atom stereocenters. The number of aromatic hydroxyl groups is 1. The molecule has 0 spiro atoms. The normalized spacial score (nSPS) is 15.8. The molecule has 1 saturated heterocycles. The number of benzene rings is 2. The van der Waals surface area contributed by atoms with Crippen molar-refractivity contribution < 1.29 is 33.6 Å². The molecule has 7 heteroatoms. The molecule has 0 aromatic heterocycles. The van der Waals surface area contributed by atoms with E-state index >= 15 is 0 Å². The first kappa shape index (κ1) is 30.3. The molecule has 0 saturated carbocycles. The van der Waals surface area contributed by atoms with Gasteiger partial charge in [-0.1, -0.05) is 36.1 Å². The van der Waals surface area contributed by atoms with E-state index in [-0.39, 0.29) is 48.7 Å². The molecule has 3 rings (SSSR count). The maximum Gasteiger partial charge on any atom is 0.307 e. The van der Waals surface area contributed by atoms with Crippen molar-refractivity contribution in [2.75, 3.05) is 19.8 Å². The maximum atomic E-state index is 11.6. The zero-order chi connectivity index (χ0) is 27.8. The van der Waals surface area contributed by atoms with Crippen molar-refractivity contribution in [3.8, 4) is 36.2 Å². The Morgan fingerprint density at radius 3 is 1.82 bits per heavy atom. The van der Waals surface area contributed by atoms with Crippen LogP contribution in [0.1, 0.15) is 68.9 Å². The van der Waals surface area contributed by atoms with Gasteiger partial charge in [0.25, 0.3) is 0 Å². The molecule has 1 unspecified atom stereocenters. The van der Waals surface area contributed by atoms with Crippen LogP contribution in [0.3, 0.4) is 0 Å². The van der Waals surface area contributed by atoms with Gasteiger partial charge < -0.3 is 24.1 Å². The molecular weight excluding hydrogens is 484 g/mol. The Bertz CT molecular complexity index is 1070. The second-order valence-electron chi connectivity index (χ2n) is 8.53. The van der Waals surface area contributed by atoms with Crippen molar-refractivity contribution in [1.82, 2.24) is 0 Å². The highest BCUT2D eigenvalue weighted by Gasteiger charge is 2.17. The van der Waals surface area contributed by atoms with E-state index in [1.54, 1.807) is 38.1 Å². The summed E-state index contributed by atoms with van der Waals surface area (Å²) in [7, 11) is 0. The van der Waals surface area contributed by atoms with Crippen LogP contribution in [-0.4, -0.2) is 43.2 Å². The lowest BCUT2D eigenvalue weighted by Crippen LogP contribution is -2.24. The first-order chi connectivity index (χ1) is 18.4. The molecule has 7 nitrogen and oxygen atoms in total. The topological polar surface area (TPSA) is 91.3 Å². The number of terminal acetylenes is 2. The van der Waals surface area contributed by atoms with Gasteiger partial charge in [0.1, 0.15) is 11.5 Å². The van der Waals surface area contributed by atoms with Crippen LogP contribution in [0.5, 0.6) is 11.5 Å². The van der Waals surface area contributed by atoms with Crippen molar-refractivity contribution >= 4 is 11.9 Å². The van der Waals surface area contributed by atoms with Gasteiger partial charge in [0.2, 0.25) is 0 Å². The van der Waals surface area contributed by atoms with Gasteiger partial charge in [-0.15, -0.1) is 12.8 Å². The van der Waals surface area contributed by atoms with Crippen LogP contribution in [0.15, 0.2) is 48.5 Å². The highest BCUT2D eigenvalue weighted by atomic mass is 16.7. The van der Waals surface area contributed by atoms with Crippen LogP contribution < -0.4 is 4.74 Å². The molecular formula is C31H36O7. The predicted octanol–water partition coefficient (Wildman–Crippen LogP) is 5.32. The lowest BCUT2D eigenvalue weighted by atomic mass is 9.96. The van der Waals surface area contributed by atoms with Gasteiger partial charge in [0.15, 0.2) is 6.29 Å². The highest BCUT2D eigenvalue weighted by Crippen LogP contribution is 2.25. The van der Waals surface area contributed by atoms with Gasteiger partial charge >= 0.3 is 11.9 Å². The number of hydrogen-bond acceptors (Lipinski definition) is 7. The molecule has 1 heterocycles. The molecule has 0 aliphatic carbocycles. The van der Waals surface area contributed by atoms with Gasteiger partial charge in [-0.3, -0.25) is 9.59 Å². The standard InChI is InChI=1S/C18H22O4.C13H14O3/c1-3-14(13-17(19)20-4-2)15-8-10-16(11-9-15)22-18-7-5-6-12-21-18;1-3-10(9-13(15)16-4-2)11-5-7-12(14)8-6-11/h1,8-11,14,18H,4-7,12-13H2,2H3;1,5-8,10,14H,4,9H2,2H3/t14-,18?;10-/m11/s1. The van der Waals surface area contributed by atoms with Crippen molar-refractivity contribution in [1.29, 1.82) is 0 Å². The van der Waals surface area contributed by atoms with E-state index in [1.807, 2.05) is 24.3 Å². The minimum Gasteiger partial charge on any atom is -0.508 e. The third-order valence-electron chi connectivity index (χ3n) is 5.74. The second kappa shape index (κ2) is 16.7. The van der Waals surface area contributed by atoms with E-state index < -0.39 is 0 Å². The van der Waals surface area contributed by atoms with Gasteiger partial charge in [0.05, 0.1) is 44.5 Å². The minimum absolute atomic E-state index is 0.162. The number of carbonyl (C=O) groups excluding carboxylic acids is 2. The van der Waals surface area contributed by atoms with E-state index in [0.717, 1.165) is 42.7 Å². The van der Waals surface area contributed by atoms with E-state index in [4.69, 9.17) is 36.9 Å². The Kier molecular flexibility index (Phi) is 13.3. The monoisotopic (exact) mass is 520 g/mol. The molecule has 38 heavy (non-hydrogen) atoms. The van der Waals surface area contributed by atoms with E-state index in [0.29, 0.717) is 13.2 Å². The minimum atomic E-state index is -0.307. The fraction of sp³-hybridized carbons (Fsp3) is 0.419. The largest absolute Gasteiger partial charge is 0.508 e. The second-order valence-corrected chi connectivity index (χ2v) is 8.53. The number of esters is 2. The third kappa shape index (κ3) is 10.6. The van der Waals surface area contributed by atoms with E-state index in [9.17, 15) is 9.59 Å². The Balaban J connectivity index is 0.000000281. The van der Waals surface area contributed by atoms with Crippen LogP contribution >= 0.6 is 0 Å². The number of rotatable bonds is 10. The average Bonchev–Trinajstić information content (AvgIpc) is 2.93. The Hall–Kier alpha value is -3.94. The summed E-state index contributed by atoms with van der Waals surface area (Å²) >= 11 is 0. The van der Waals surface area contributed by atoms with Crippen LogP contribution in [-0.2, 0) is 23.8 Å². The molecule has 1 aliphatic heterocycles. The Morgan fingerprint density at radius 1 is 0.895 bits per heavy atom. The Morgan fingerprint density at radius 2 is 1.39 bits per heavy atom. The SMILES string of the molecule is C#C[C@H](CC(=O)OCC)c1ccc(O)cc1.C#C[C@H](CC(=O)OCC)c1ccc(OC2CCCCO2)cc1. The number of ether oxygens (including phenoxy) is 4. The predicted molar refractivity (Wildman–Crippen MR) is 144 cm³/mol. The van der Waals surface area contributed by atoms with Crippen LogP contribution in [0.4, 0.5) is 0 Å². The number of carbonyl (C=O) groups is 2. The van der Waals surface area contributed by atoms with Gasteiger partial charge in [-0.05, 0) is 62.1 Å². The lowest BCUT2D eigenvalue weighted by Gasteiger charge is -2.23. The van der Waals surface area contributed by atoms with Crippen LogP contribution in [0.2, 0.25) is 0 Å². The molecule has 0 radical (unpaired) electrons. The fourth-order valence-corrected chi connectivity index (χ4v) is 3.76. The maximum absolute atomic E-state index is 11.6. The van der Waals surface area contributed by atoms with E-state index in [2.05, 4.69) is 11.8 Å². The van der Waals surface area contributed by atoms with Gasteiger partial charge in [-0.2, -0.15) is 0 Å².